The van der Waals surface area contributed by atoms with Crippen molar-refractivity contribution in [1.82, 2.24) is 4.90 Å². The van der Waals surface area contributed by atoms with Gasteiger partial charge in [0.2, 0.25) is 5.78 Å². The van der Waals surface area contributed by atoms with Crippen LogP contribution in [0.3, 0.4) is 0 Å². The average Bonchev–Trinajstić information content (AvgIpc) is 3.15. The van der Waals surface area contributed by atoms with Gasteiger partial charge in [-0.1, -0.05) is 11.6 Å². The summed E-state index contributed by atoms with van der Waals surface area (Å²) in [6, 6.07) is 1.56. The standard InChI is InChI=1S/C28H32ClNO6/c1-13-20(31)9-18-6-16-7-19-23(25(33)22(16)27(35)28(18,36)26(13)34)21(32)8-17(24(19)29)12-30-10-14-2-3-15(11-30)5-4-14/h8,14-16,18,31-32,35-36H,2-7,9-12H2,1H3/t14?,15?,16-,18+,28-/m1/s1. The molecule has 0 radical (unpaired) electrons. The third-order valence-corrected chi connectivity index (χ3v) is 9.95. The van der Waals surface area contributed by atoms with Crippen molar-refractivity contribution in [2.45, 2.75) is 64.0 Å². The quantitative estimate of drug-likeness (QED) is 0.463. The second-order valence-corrected chi connectivity index (χ2v) is 12.0. The summed E-state index contributed by atoms with van der Waals surface area (Å²) in [6.07, 6.45) is 5.63. The molecule has 8 heteroatoms. The fraction of sp³-hybridized carbons (Fsp3) is 0.571. The van der Waals surface area contributed by atoms with Crippen LogP contribution in [0, 0.1) is 23.7 Å². The molecule has 0 aromatic heterocycles. The molecule has 0 unspecified atom stereocenters. The molecule has 2 heterocycles. The number of allylic oxidation sites excluding steroid dienone is 2. The number of rotatable bonds is 2. The maximum Gasteiger partial charge on any atom is 0.201 e. The second-order valence-electron chi connectivity index (χ2n) is 11.6. The van der Waals surface area contributed by atoms with Gasteiger partial charge < -0.3 is 20.4 Å². The van der Waals surface area contributed by atoms with E-state index < -0.39 is 34.8 Å². The number of benzene rings is 1. The molecule has 36 heavy (non-hydrogen) atoms. The van der Waals surface area contributed by atoms with Crippen LogP contribution in [0.25, 0.3) is 0 Å². The second kappa shape index (κ2) is 8.33. The SMILES string of the molecule is CC1=C(O)C[C@@H]2C[C@@H]3Cc4c(Cl)c(CN5CC6CCC(CC6)C5)cc(O)c4C(=O)C3=C(O)[C@]2(O)C1=O. The van der Waals surface area contributed by atoms with Gasteiger partial charge in [0, 0.05) is 48.1 Å². The van der Waals surface area contributed by atoms with Gasteiger partial charge in [-0.05, 0) is 80.4 Å². The van der Waals surface area contributed by atoms with Gasteiger partial charge in [0.25, 0.3) is 0 Å². The Bertz CT molecular complexity index is 1230. The largest absolute Gasteiger partial charge is 0.512 e. The molecule has 1 saturated carbocycles. The van der Waals surface area contributed by atoms with Crippen molar-refractivity contribution in [2.24, 2.45) is 23.7 Å². The molecule has 4 N–H and O–H groups in total. The fourth-order valence-corrected chi connectivity index (χ4v) is 7.79. The fourth-order valence-electron chi connectivity index (χ4n) is 7.50. The number of phenolic OH excluding ortho intramolecular Hbond substituents is 1. The number of phenols is 1. The highest BCUT2D eigenvalue weighted by Crippen LogP contribution is 2.52. The maximum atomic E-state index is 13.6. The molecule has 2 bridgehead atoms. The van der Waals surface area contributed by atoms with Crippen LogP contribution in [0.2, 0.25) is 5.02 Å². The minimum atomic E-state index is -2.25. The Balaban J connectivity index is 1.38. The first-order valence-corrected chi connectivity index (χ1v) is 13.4. The highest BCUT2D eigenvalue weighted by Gasteiger charge is 2.58. The minimum Gasteiger partial charge on any atom is -0.512 e. The van der Waals surface area contributed by atoms with Gasteiger partial charge in [-0.15, -0.1) is 0 Å². The molecule has 0 amide bonds. The van der Waals surface area contributed by atoms with Crippen molar-refractivity contribution >= 4 is 23.2 Å². The zero-order chi connectivity index (χ0) is 25.5. The molecule has 2 saturated heterocycles. The van der Waals surface area contributed by atoms with Crippen LogP contribution in [0.1, 0.15) is 66.9 Å². The average molecular weight is 514 g/mol. The summed E-state index contributed by atoms with van der Waals surface area (Å²) in [4.78, 5) is 28.9. The number of Topliss-reactive ketones (excluding diaryl/α,β-unsaturated/α-hetero) is 2. The van der Waals surface area contributed by atoms with Crippen molar-refractivity contribution in [3.8, 4) is 5.75 Å². The Labute approximate surface area is 215 Å². The summed E-state index contributed by atoms with van der Waals surface area (Å²) in [7, 11) is 0. The van der Waals surface area contributed by atoms with Crippen LogP contribution in [0.5, 0.6) is 5.75 Å². The number of carbonyl (C=O) groups excluding carboxylic acids is 2. The van der Waals surface area contributed by atoms with Gasteiger partial charge in [-0.2, -0.15) is 0 Å². The molecular formula is C28H32ClNO6. The van der Waals surface area contributed by atoms with Crippen LogP contribution in [-0.2, 0) is 17.8 Å². The van der Waals surface area contributed by atoms with E-state index in [1.54, 1.807) is 6.07 Å². The van der Waals surface area contributed by atoms with Gasteiger partial charge >= 0.3 is 0 Å². The number of halogens is 1. The van der Waals surface area contributed by atoms with Gasteiger partial charge in [-0.3, -0.25) is 14.5 Å². The lowest BCUT2D eigenvalue weighted by Crippen LogP contribution is -2.55. The van der Waals surface area contributed by atoms with Crippen molar-refractivity contribution in [3.63, 3.8) is 0 Å². The molecular weight excluding hydrogens is 482 g/mol. The molecule has 0 spiro atoms. The van der Waals surface area contributed by atoms with Crippen LogP contribution in [-0.4, -0.2) is 55.6 Å². The number of aromatic hydroxyl groups is 1. The lowest BCUT2D eigenvalue weighted by Gasteiger charge is -2.45. The predicted molar refractivity (Wildman–Crippen MR) is 133 cm³/mol. The molecule has 7 rings (SSSR count). The third-order valence-electron chi connectivity index (χ3n) is 9.47. The first-order chi connectivity index (χ1) is 17.1. The van der Waals surface area contributed by atoms with E-state index in [4.69, 9.17) is 11.6 Å². The first-order valence-electron chi connectivity index (χ1n) is 13.0. The highest BCUT2D eigenvalue weighted by atomic mass is 35.5. The van der Waals surface area contributed by atoms with E-state index in [2.05, 4.69) is 4.90 Å². The molecule has 192 valence electrons. The number of hydrogen-bond acceptors (Lipinski definition) is 7. The van der Waals surface area contributed by atoms with E-state index in [-0.39, 0.29) is 41.1 Å². The molecule has 3 fully saturated rings. The van der Waals surface area contributed by atoms with Crippen LogP contribution >= 0.6 is 11.6 Å². The molecule has 1 aromatic carbocycles. The Morgan fingerprint density at radius 2 is 1.69 bits per heavy atom. The van der Waals surface area contributed by atoms with Crippen LogP contribution in [0.15, 0.2) is 28.7 Å². The molecule has 4 aliphatic carbocycles. The number of nitrogens with zero attached hydrogens (tertiary/aromatic N) is 1. The summed E-state index contributed by atoms with van der Waals surface area (Å²) in [5.41, 5.74) is -0.916. The van der Waals surface area contributed by atoms with Gasteiger partial charge in [-0.25, -0.2) is 0 Å². The first kappa shape index (κ1) is 24.0. The van der Waals surface area contributed by atoms with Crippen molar-refractivity contribution in [3.05, 3.63) is 50.4 Å². The minimum absolute atomic E-state index is 0.0134. The smallest absolute Gasteiger partial charge is 0.201 e. The normalized spacial score (nSPS) is 34.4. The van der Waals surface area contributed by atoms with Crippen molar-refractivity contribution in [2.75, 3.05) is 13.1 Å². The van der Waals surface area contributed by atoms with Gasteiger partial charge in [0.15, 0.2) is 11.4 Å². The zero-order valence-corrected chi connectivity index (χ0v) is 21.1. The van der Waals surface area contributed by atoms with E-state index in [0.717, 1.165) is 18.7 Å². The molecule has 1 aromatic rings. The topological polar surface area (TPSA) is 118 Å². The third kappa shape index (κ3) is 3.39. The number of carbonyl (C=O) groups is 2. The Morgan fingerprint density at radius 3 is 2.33 bits per heavy atom. The molecule has 2 aliphatic heterocycles. The summed E-state index contributed by atoms with van der Waals surface area (Å²) in [5, 5.41) is 44.1. The monoisotopic (exact) mass is 513 g/mol. The number of ketones is 2. The van der Waals surface area contributed by atoms with E-state index in [1.807, 2.05) is 0 Å². The lowest BCUT2D eigenvalue weighted by atomic mass is 9.60. The maximum absolute atomic E-state index is 13.6. The van der Waals surface area contributed by atoms with Crippen LogP contribution in [0.4, 0.5) is 0 Å². The molecule has 3 atom stereocenters. The predicted octanol–water partition coefficient (Wildman–Crippen LogP) is 4.39. The van der Waals surface area contributed by atoms with E-state index in [1.165, 1.54) is 32.6 Å². The van der Waals surface area contributed by atoms with Crippen molar-refractivity contribution < 1.29 is 30.0 Å². The summed E-state index contributed by atoms with van der Waals surface area (Å²) in [6.45, 7) is 4.03. The van der Waals surface area contributed by atoms with Crippen LogP contribution < -0.4 is 0 Å². The number of aliphatic hydroxyl groups excluding tert-OH is 2. The van der Waals surface area contributed by atoms with E-state index >= 15 is 0 Å². The van der Waals surface area contributed by atoms with Gasteiger partial charge in [0.1, 0.15) is 11.5 Å². The summed E-state index contributed by atoms with van der Waals surface area (Å²) in [5.74, 6) is -2.18. The molecule has 6 aliphatic rings. The van der Waals surface area contributed by atoms with Crippen molar-refractivity contribution in [1.29, 1.82) is 0 Å². The molecule has 7 nitrogen and oxygen atoms in total. The Hall–Kier alpha value is -2.35. The zero-order valence-electron chi connectivity index (χ0n) is 20.4. The van der Waals surface area contributed by atoms with E-state index in [0.29, 0.717) is 35.4 Å². The van der Waals surface area contributed by atoms with Gasteiger partial charge in [0.05, 0.1) is 11.3 Å². The number of hydrogen-bond donors (Lipinski definition) is 4. The Kier molecular flexibility index (Phi) is 5.56. The Morgan fingerprint density at radius 1 is 1.06 bits per heavy atom. The summed E-state index contributed by atoms with van der Waals surface area (Å²) >= 11 is 6.89. The van der Waals surface area contributed by atoms with E-state index in [9.17, 15) is 30.0 Å². The highest BCUT2D eigenvalue weighted by molar-refractivity contribution is 6.33. The number of fused-ring (bicyclic) bond motifs is 7. The lowest BCUT2D eigenvalue weighted by molar-refractivity contribution is -0.142. The summed E-state index contributed by atoms with van der Waals surface area (Å²) < 4.78 is 0. The number of aliphatic hydroxyl groups is 3.